The average Bonchev–Trinajstić information content (AvgIpc) is 2.89. The molecule has 23 heavy (non-hydrogen) atoms. The summed E-state index contributed by atoms with van der Waals surface area (Å²) < 4.78 is 0. The number of anilines is 2. The molecule has 0 atom stereocenters. The molecule has 0 bridgehead atoms. The van der Waals surface area contributed by atoms with Gasteiger partial charge in [0, 0.05) is 28.0 Å². The van der Waals surface area contributed by atoms with Gasteiger partial charge in [-0.15, -0.1) is 0 Å². The SMILES string of the molecule is O=C(CC(=O)N1CCc2ccccc21)Nc1cc(Cl)cc(Cl)c1. The zero-order valence-corrected chi connectivity index (χ0v) is 13.7. The van der Waals surface area contributed by atoms with Crippen LogP contribution in [-0.4, -0.2) is 18.4 Å². The van der Waals surface area contributed by atoms with Crippen LogP contribution in [0.1, 0.15) is 12.0 Å². The summed E-state index contributed by atoms with van der Waals surface area (Å²) in [6.07, 6.45) is 0.589. The number of carbonyl (C=O) groups excluding carboxylic acids is 2. The van der Waals surface area contributed by atoms with Gasteiger partial charge in [-0.05, 0) is 36.2 Å². The van der Waals surface area contributed by atoms with E-state index in [-0.39, 0.29) is 12.3 Å². The van der Waals surface area contributed by atoms with Crippen LogP contribution < -0.4 is 10.2 Å². The maximum Gasteiger partial charge on any atom is 0.236 e. The highest BCUT2D eigenvalue weighted by Crippen LogP contribution is 2.28. The Morgan fingerprint density at radius 3 is 2.52 bits per heavy atom. The molecule has 4 nitrogen and oxygen atoms in total. The second-order valence-corrected chi connectivity index (χ2v) is 6.18. The fraction of sp³-hybridized carbons (Fsp3) is 0.176. The molecule has 0 aromatic heterocycles. The third-order valence-electron chi connectivity index (χ3n) is 3.65. The Kier molecular flexibility index (Phi) is 4.55. The lowest BCUT2D eigenvalue weighted by molar-refractivity contribution is -0.125. The highest BCUT2D eigenvalue weighted by molar-refractivity contribution is 6.35. The summed E-state index contributed by atoms with van der Waals surface area (Å²) in [5.74, 6) is -0.613. The Labute approximate surface area is 144 Å². The first-order valence-corrected chi connectivity index (χ1v) is 7.93. The molecule has 2 aromatic rings. The predicted octanol–water partition coefficient (Wildman–Crippen LogP) is 3.91. The Hall–Kier alpha value is -2.04. The van der Waals surface area contributed by atoms with Gasteiger partial charge >= 0.3 is 0 Å². The Morgan fingerprint density at radius 2 is 1.78 bits per heavy atom. The van der Waals surface area contributed by atoms with E-state index in [1.54, 1.807) is 23.1 Å². The Morgan fingerprint density at radius 1 is 1.09 bits per heavy atom. The van der Waals surface area contributed by atoms with Gasteiger partial charge in [-0.3, -0.25) is 9.59 Å². The van der Waals surface area contributed by atoms with Crippen molar-refractivity contribution < 1.29 is 9.59 Å². The van der Waals surface area contributed by atoms with Crippen LogP contribution in [-0.2, 0) is 16.0 Å². The van der Waals surface area contributed by atoms with E-state index >= 15 is 0 Å². The van der Waals surface area contributed by atoms with E-state index in [4.69, 9.17) is 23.2 Å². The summed E-state index contributed by atoms with van der Waals surface area (Å²) in [5, 5.41) is 3.49. The Balaban J connectivity index is 1.65. The first-order valence-electron chi connectivity index (χ1n) is 7.17. The van der Waals surface area contributed by atoms with E-state index in [0.717, 1.165) is 17.7 Å². The molecule has 1 heterocycles. The van der Waals surface area contributed by atoms with Crippen LogP contribution >= 0.6 is 23.2 Å². The molecule has 118 valence electrons. The minimum atomic E-state index is -0.391. The lowest BCUT2D eigenvalue weighted by atomic mass is 10.2. The number of fused-ring (bicyclic) bond motifs is 1. The largest absolute Gasteiger partial charge is 0.326 e. The second-order valence-electron chi connectivity index (χ2n) is 5.31. The van der Waals surface area contributed by atoms with Crippen LogP contribution in [0, 0.1) is 0 Å². The maximum atomic E-state index is 12.4. The summed E-state index contributed by atoms with van der Waals surface area (Å²) in [6, 6.07) is 12.5. The number of benzene rings is 2. The average molecular weight is 349 g/mol. The number of para-hydroxylation sites is 1. The van der Waals surface area contributed by atoms with Crippen LogP contribution in [0.2, 0.25) is 10.0 Å². The molecule has 0 unspecified atom stereocenters. The molecule has 1 aliphatic rings. The fourth-order valence-corrected chi connectivity index (χ4v) is 3.19. The van der Waals surface area contributed by atoms with Gasteiger partial charge in [-0.25, -0.2) is 0 Å². The quantitative estimate of drug-likeness (QED) is 0.854. The molecule has 0 fully saturated rings. The standard InChI is InChI=1S/C17H14Cl2N2O2/c18-12-7-13(19)9-14(8-12)20-16(22)10-17(23)21-6-5-11-3-1-2-4-15(11)21/h1-4,7-9H,5-6,10H2,(H,20,22). The van der Waals surface area contributed by atoms with Crippen molar-refractivity contribution >= 4 is 46.4 Å². The summed E-state index contributed by atoms with van der Waals surface area (Å²) in [5.41, 5.74) is 2.49. The van der Waals surface area contributed by atoms with Crippen LogP contribution in [0.5, 0.6) is 0 Å². The van der Waals surface area contributed by atoms with Crippen LogP contribution in [0.25, 0.3) is 0 Å². The fourth-order valence-electron chi connectivity index (χ4n) is 2.66. The zero-order chi connectivity index (χ0) is 16.4. The minimum absolute atomic E-state index is 0.222. The molecule has 0 spiro atoms. The van der Waals surface area contributed by atoms with Gasteiger partial charge in [-0.2, -0.15) is 0 Å². The predicted molar refractivity (Wildman–Crippen MR) is 92.2 cm³/mol. The lowest BCUT2D eigenvalue weighted by Gasteiger charge is -2.17. The van der Waals surface area contributed by atoms with E-state index in [9.17, 15) is 9.59 Å². The summed E-state index contributed by atoms with van der Waals surface area (Å²) in [4.78, 5) is 26.1. The van der Waals surface area contributed by atoms with Gasteiger partial charge in [0.2, 0.25) is 11.8 Å². The molecular weight excluding hydrogens is 335 g/mol. The maximum absolute atomic E-state index is 12.4. The molecule has 0 saturated heterocycles. The molecule has 2 amide bonds. The third kappa shape index (κ3) is 3.66. The van der Waals surface area contributed by atoms with Gasteiger partial charge < -0.3 is 10.2 Å². The first-order chi connectivity index (χ1) is 11.0. The molecule has 1 aliphatic heterocycles. The zero-order valence-electron chi connectivity index (χ0n) is 12.2. The number of amides is 2. The topological polar surface area (TPSA) is 49.4 Å². The van der Waals surface area contributed by atoms with Crippen molar-refractivity contribution in [2.45, 2.75) is 12.8 Å². The summed E-state index contributed by atoms with van der Waals surface area (Å²) in [6.45, 7) is 0.606. The van der Waals surface area contributed by atoms with Crippen molar-refractivity contribution in [2.75, 3.05) is 16.8 Å². The highest BCUT2D eigenvalue weighted by atomic mass is 35.5. The van der Waals surface area contributed by atoms with Gasteiger partial charge in [0.05, 0.1) is 0 Å². The monoisotopic (exact) mass is 348 g/mol. The highest BCUT2D eigenvalue weighted by Gasteiger charge is 2.25. The normalized spacial score (nSPS) is 12.9. The first kappa shape index (κ1) is 15.8. The van der Waals surface area contributed by atoms with Gasteiger partial charge in [-0.1, -0.05) is 41.4 Å². The molecule has 0 saturated carbocycles. The molecule has 1 N–H and O–H groups in total. The van der Waals surface area contributed by atoms with Crippen molar-refractivity contribution in [2.24, 2.45) is 0 Å². The van der Waals surface area contributed by atoms with E-state index < -0.39 is 5.91 Å². The number of nitrogens with one attached hydrogen (secondary N) is 1. The van der Waals surface area contributed by atoms with E-state index in [0.29, 0.717) is 22.3 Å². The number of halogens is 2. The van der Waals surface area contributed by atoms with Crippen LogP contribution in [0.15, 0.2) is 42.5 Å². The van der Waals surface area contributed by atoms with Crippen molar-refractivity contribution in [1.82, 2.24) is 0 Å². The van der Waals surface area contributed by atoms with Gasteiger partial charge in [0.1, 0.15) is 6.42 Å². The third-order valence-corrected chi connectivity index (χ3v) is 4.08. The number of hydrogen-bond donors (Lipinski definition) is 1. The number of carbonyl (C=O) groups is 2. The number of nitrogens with zero attached hydrogens (tertiary/aromatic N) is 1. The Bertz CT molecular complexity index is 757. The van der Waals surface area contributed by atoms with Crippen LogP contribution in [0.3, 0.4) is 0 Å². The molecule has 0 radical (unpaired) electrons. The minimum Gasteiger partial charge on any atom is -0.326 e. The van der Waals surface area contributed by atoms with Crippen molar-refractivity contribution in [1.29, 1.82) is 0 Å². The van der Waals surface area contributed by atoms with Crippen molar-refractivity contribution in [3.05, 3.63) is 58.1 Å². The molecule has 6 heteroatoms. The molecule has 2 aromatic carbocycles. The van der Waals surface area contributed by atoms with Gasteiger partial charge in [0.15, 0.2) is 0 Å². The second kappa shape index (κ2) is 6.60. The van der Waals surface area contributed by atoms with E-state index in [1.807, 2.05) is 24.3 Å². The number of rotatable bonds is 3. The van der Waals surface area contributed by atoms with Crippen LogP contribution in [0.4, 0.5) is 11.4 Å². The lowest BCUT2D eigenvalue weighted by Crippen LogP contribution is -2.32. The smallest absolute Gasteiger partial charge is 0.236 e. The van der Waals surface area contributed by atoms with Gasteiger partial charge in [0.25, 0.3) is 0 Å². The summed E-state index contributed by atoms with van der Waals surface area (Å²) >= 11 is 11.8. The van der Waals surface area contributed by atoms with Crippen molar-refractivity contribution in [3.63, 3.8) is 0 Å². The van der Waals surface area contributed by atoms with Crippen molar-refractivity contribution in [3.8, 4) is 0 Å². The molecule has 3 rings (SSSR count). The summed E-state index contributed by atoms with van der Waals surface area (Å²) in [7, 11) is 0. The molecule has 0 aliphatic carbocycles. The van der Waals surface area contributed by atoms with E-state index in [1.165, 1.54) is 0 Å². The molecular formula is C17H14Cl2N2O2. The number of hydrogen-bond acceptors (Lipinski definition) is 2. The van der Waals surface area contributed by atoms with E-state index in [2.05, 4.69) is 5.32 Å².